The molecule has 5 heteroatoms. The Hall–Kier alpha value is -2.84. The highest BCUT2D eigenvalue weighted by molar-refractivity contribution is 5.87. The first-order valence-electron chi connectivity index (χ1n) is 6.76. The Bertz CT molecular complexity index is 718. The first-order chi connectivity index (χ1) is 10.5. The summed E-state index contributed by atoms with van der Waals surface area (Å²) in [7, 11) is 0. The van der Waals surface area contributed by atoms with E-state index in [-0.39, 0.29) is 11.3 Å². The lowest BCUT2D eigenvalue weighted by Gasteiger charge is -2.14. The lowest BCUT2D eigenvalue weighted by molar-refractivity contribution is 0.0697. The molecule has 0 aliphatic heterocycles. The number of aryl methyl sites for hydroxylation is 1. The van der Waals surface area contributed by atoms with Crippen molar-refractivity contribution in [1.29, 1.82) is 5.26 Å². The van der Waals surface area contributed by atoms with Crippen LogP contribution >= 0.6 is 0 Å². The van der Waals surface area contributed by atoms with Gasteiger partial charge in [0.05, 0.1) is 11.6 Å². The molecule has 0 aliphatic rings. The van der Waals surface area contributed by atoms with Crippen molar-refractivity contribution in [2.24, 2.45) is 0 Å². The number of aromatic carboxylic acids is 1. The third-order valence-electron chi connectivity index (χ3n) is 3.33. The van der Waals surface area contributed by atoms with Gasteiger partial charge in [0, 0.05) is 12.1 Å². The molecule has 0 aliphatic carbocycles. The summed E-state index contributed by atoms with van der Waals surface area (Å²) in [4.78, 5) is 10.8. The van der Waals surface area contributed by atoms with Crippen LogP contribution in [0.1, 0.15) is 33.1 Å². The molecule has 0 bridgehead atoms. The van der Waals surface area contributed by atoms with Gasteiger partial charge in [-0.05, 0) is 36.8 Å². The topological polar surface area (TPSA) is 93.4 Å². The van der Waals surface area contributed by atoms with E-state index in [1.54, 1.807) is 30.3 Å². The Morgan fingerprint density at radius 1 is 1.27 bits per heavy atom. The molecule has 0 aromatic heterocycles. The summed E-state index contributed by atoms with van der Waals surface area (Å²) in [5.41, 5.74) is 2.57. The van der Waals surface area contributed by atoms with Gasteiger partial charge in [0.15, 0.2) is 0 Å². The maximum atomic E-state index is 10.8. The number of rotatable bonds is 5. The molecule has 2 aromatic carbocycles. The molecular formula is C17H16N2O3. The number of carboxylic acid groups (broad SMARTS) is 1. The zero-order valence-corrected chi connectivity index (χ0v) is 12.1. The molecule has 0 fully saturated rings. The molecule has 0 saturated heterocycles. The number of aromatic hydroxyl groups is 1. The van der Waals surface area contributed by atoms with Crippen LogP contribution in [0.4, 0.5) is 0 Å². The van der Waals surface area contributed by atoms with Crippen molar-refractivity contribution in [3.63, 3.8) is 0 Å². The van der Waals surface area contributed by atoms with E-state index >= 15 is 0 Å². The molecule has 5 nitrogen and oxygen atoms in total. The number of phenols is 1. The van der Waals surface area contributed by atoms with Crippen molar-refractivity contribution in [2.45, 2.75) is 19.5 Å². The third-order valence-corrected chi connectivity index (χ3v) is 3.33. The quantitative estimate of drug-likeness (QED) is 0.789. The average Bonchev–Trinajstić information content (AvgIpc) is 2.51. The molecule has 22 heavy (non-hydrogen) atoms. The standard InChI is InChI=1S/C17H16N2O3/c1-11-2-7-16(20)14(8-11)15(9-18)19-10-12-3-5-13(6-4-12)17(21)22/h2-8,15,19-20H,10H2,1H3,(H,21,22). The van der Waals surface area contributed by atoms with Crippen molar-refractivity contribution in [3.8, 4) is 11.8 Å². The minimum atomic E-state index is -0.973. The number of hydrogen-bond donors (Lipinski definition) is 3. The maximum Gasteiger partial charge on any atom is 0.335 e. The van der Waals surface area contributed by atoms with Crippen LogP contribution in [0.2, 0.25) is 0 Å². The second kappa shape index (κ2) is 6.74. The summed E-state index contributed by atoms with van der Waals surface area (Å²) in [5.74, 6) is -0.898. The number of carbonyl (C=O) groups is 1. The van der Waals surface area contributed by atoms with E-state index in [4.69, 9.17) is 5.11 Å². The summed E-state index contributed by atoms with van der Waals surface area (Å²) < 4.78 is 0. The molecular weight excluding hydrogens is 280 g/mol. The van der Waals surface area contributed by atoms with E-state index in [1.165, 1.54) is 12.1 Å². The number of nitriles is 1. The lowest BCUT2D eigenvalue weighted by atomic mass is 10.0. The smallest absolute Gasteiger partial charge is 0.335 e. The summed E-state index contributed by atoms with van der Waals surface area (Å²) in [6.45, 7) is 2.29. The average molecular weight is 296 g/mol. The Labute approximate surface area is 128 Å². The lowest BCUT2D eigenvalue weighted by Crippen LogP contribution is -2.19. The first-order valence-corrected chi connectivity index (χ1v) is 6.76. The normalized spacial score (nSPS) is 11.6. The Morgan fingerprint density at radius 3 is 2.55 bits per heavy atom. The highest BCUT2D eigenvalue weighted by Crippen LogP contribution is 2.25. The SMILES string of the molecule is Cc1ccc(O)c(C(C#N)NCc2ccc(C(=O)O)cc2)c1. The van der Waals surface area contributed by atoms with Crippen LogP contribution in [0.3, 0.4) is 0 Å². The van der Waals surface area contributed by atoms with E-state index in [2.05, 4.69) is 11.4 Å². The van der Waals surface area contributed by atoms with E-state index < -0.39 is 12.0 Å². The van der Waals surface area contributed by atoms with Crippen molar-refractivity contribution in [1.82, 2.24) is 5.32 Å². The monoisotopic (exact) mass is 296 g/mol. The summed E-state index contributed by atoms with van der Waals surface area (Å²) in [6.07, 6.45) is 0. The van der Waals surface area contributed by atoms with Gasteiger partial charge >= 0.3 is 5.97 Å². The third kappa shape index (κ3) is 3.62. The van der Waals surface area contributed by atoms with E-state index in [0.29, 0.717) is 12.1 Å². The highest BCUT2D eigenvalue weighted by atomic mass is 16.4. The van der Waals surface area contributed by atoms with Crippen molar-refractivity contribution >= 4 is 5.97 Å². The molecule has 2 aromatic rings. The molecule has 0 saturated carbocycles. The van der Waals surface area contributed by atoms with Crippen LogP contribution in [-0.2, 0) is 6.54 Å². The van der Waals surface area contributed by atoms with Gasteiger partial charge in [-0.2, -0.15) is 5.26 Å². The second-order valence-corrected chi connectivity index (χ2v) is 5.01. The van der Waals surface area contributed by atoms with Crippen LogP contribution in [0.15, 0.2) is 42.5 Å². The van der Waals surface area contributed by atoms with Gasteiger partial charge in [-0.3, -0.25) is 5.32 Å². The summed E-state index contributed by atoms with van der Waals surface area (Å²) in [6, 6.07) is 13.0. The molecule has 112 valence electrons. The molecule has 0 heterocycles. The van der Waals surface area contributed by atoms with Crippen LogP contribution in [-0.4, -0.2) is 16.2 Å². The van der Waals surface area contributed by atoms with Gasteiger partial charge in [0.1, 0.15) is 11.8 Å². The molecule has 0 spiro atoms. The largest absolute Gasteiger partial charge is 0.508 e. The number of carboxylic acids is 1. The molecule has 1 atom stereocenters. The van der Waals surface area contributed by atoms with Crippen LogP contribution in [0.5, 0.6) is 5.75 Å². The molecule has 2 rings (SSSR count). The molecule has 3 N–H and O–H groups in total. The zero-order valence-electron chi connectivity index (χ0n) is 12.1. The molecule has 1 unspecified atom stereocenters. The van der Waals surface area contributed by atoms with Gasteiger partial charge in [-0.1, -0.05) is 23.8 Å². The van der Waals surface area contributed by atoms with Gasteiger partial charge in [0.25, 0.3) is 0 Å². The second-order valence-electron chi connectivity index (χ2n) is 5.01. The van der Waals surface area contributed by atoms with Gasteiger partial charge in [0.2, 0.25) is 0 Å². The van der Waals surface area contributed by atoms with Crippen molar-refractivity contribution in [3.05, 3.63) is 64.7 Å². The van der Waals surface area contributed by atoms with Crippen LogP contribution in [0, 0.1) is 18.3 Å². The number of nitrogens with zero attached hydrogens (tertiary/aromatic N) is 1. The van der Waals surface area contributed by atoms with Gasteiger partial charge < -0.3 is 10.2 Å². The first kappa shape index (κ1) is 15.5. The van der Waals surface area contributed by atoms with E-state index in [0.717, 1.165) is 11.1 Å². The zero-order chi connectivity index (χ0) is 16.1. The fraction of sp³-hybridized carbons (Fsp3) is 0.176. The summed E-state index contributed by atoms with van der Waals surface area (Å²) >= 11 is 0. The Balaban J connectivity index is 2.10. The van der Waals surface area contributed by atoms with Crippen LogP contribution in [0.25, 0.3) is 0 Å². The molecule has 0 radical (unpaired) electrons. The number of phenolic OH excluding ortho intramolecular Hbond substituents is 1. The van der Waals surface area contributed by atoms with Gasteiger partial charge in [-0.25, -0.2) is 4.79 Å². The number of nitrogens with one attached hydrogen (secondary N) is 1. The minimum absolute atomic E-state index is 0.0749. The Morgan fingerprint density at radius 2 is 1.95 bits per heavy atom. The molecule has 0 amide bonds. The Kier molecular flexibility index (Phi) is 4.77. The summed E-state index contributed by atoms with van der Waals surface area (Å²) in [5, 5.41) is 31.1. The van der Waals surface area contributed by atoms with Crippen molar-refractivity contribution in [2.75, 3.05) is 0 Å². The predicted molar refractivity (Wildman–Crippen MR) is 81.4 cm³/mol. The fourth-order valence-electron chi connectivity index (χ4n) is 2.12. The maximum absolute atomic E-state index is 10.8. The number of benzene rings is 2. The fourth-order valence-corrected chi connectivity index (χ4v) is 2.12. The van der Waals surface area contributed by atoms with Crippen LogP contribution < -0.4 is 5.32 Å². The van der Waals surface area contributed by atoms with Gasteiger partial charge in [-0.15, -0.1) is 0 Å². The highest BCUT2D eigenvalue weighted by Gasteiger charge is 2.14. The van der Waals surface area contributed by atoms with E-state index in [9.17, 15) is 15.2 Å². The number of hydrogen-bond acceptors (Lipinski definition) is 4. The minimum Gasteiger partial charge on any atom is -0.508 e. The van der Waals surface area contributed by atoms with E-state index in [1.807, 2.05) is 6.92 Å². The van der Waals surface area contributed by atoms with Crippen molar-refractivity contribution < 1.29 is 15.0 Å². The predicted octanol–water partition coefficient (Wildman–Crippen LogP) is 2.75.